The first-order valence-electron chi connectivity index (χ1n) is 6.04. The van der Waals surface area contributed by atoms with Gasteiger partial charge in [0.05, 0.1) is 32.6 Å². The van der Waals surface area contributed by atoms with Crippen LogP contribution in [0, 0.1) is 0 Å². The maximum absolute atomic E-state index is 5.68. The van der Waals surface area contributed by atoms with E-state index in [1.54, 1.807) is 6.26 Å². The molecule has 1 saturated heterocycles. The molecule has 0 radical (unpaired) electrons. The van der Waals surface area contributed by atoms with Gasteiger partial charge in [-0.25, -0.2) is 0 Å². The first-order valence-corrected chi connectivity index (χ1v) is 6.04. The number of ether oxygens (including phenoxy) is 2. The van der Waals surface area contributed by atoms with Gasteiger partial charge in [0.1, 0.15) is 11.9 Å². The Morgan fingerprint density at radius 3 is 2.76 bits per heavy atom. The molecule has 1 aliphatic heterocycles. The van der Waals surface area contributed by atoms with Crippen molar-refractivity contribution in [1.29, 1.82) is 0 Å². The summed E-state index contributed by atoms with van der Waals surface area (Å²) in [7, 11) is 0. The fourth-order valence-electron chi connectivity index (χ4n) is 1.51. The number of furan rings is 1. The molecule has 4 heteroatoms. The molecule has 17 heavy (non-hydrogen) atoms. The second-order valence-corrected chi connectivity index (χ2v) is 5.44. The average Bonchev–Trinajstić information content (AvgIpc) is 2.59. The Morgan fingerprint density at radius 1 is 1.41 bits per heavy atom. The SMILES string of the molecule is CC(C)(C)NCc1occc1COC1COC1. The van der Waals surface area contributed by atoms with Crippen LogP contribution in [0.3, 0.4) is 0 Å². The van der Waals surface area contributed by atoms with E-state index in [1.807, 2.05) is 6.07 Å². The molecule has 0 aromatic carbocycles. The van der Waals surface area contributed by atoms with Gasteiger partial charge in [0.15, 0.2) is 0 Å². The Labute approximate surface area is 102 Å². The van der Waals surface area contributed by atoms with Crippen LogP contribution < -0.4 is 5.32 Å². The Hall–Kier alpha value is -0.840. The molecule has 96 valence electrons. The Balaban J connectivity index is 1.82. The highest BCUT2D eigenvalue weighted by molar-refractivity contribution is 5.16. The summed E-state index contributed by atoms with van der Waals surface area (Å²) in [5.41, 5.74) is 1.21. The predicted molar refractivity (Wildman–Crippen MR) is 64.7 cm³/mol. The Bertz CT molecular complexity index is 350. The van der Waals surface area contributed by atoms with Crippen molar-refractivity contribution in [3.63, 3.8) is 0 Å². The summed E-state index contributed by atoms with van der Waals surface area (Å²) >= 11 is 0. The normalized spacial score (nSPS) is 17.1. The van der Waals surface area contributed by atoms with Gasteiger partial charge >= 0.3 is 0 Å². The van der Waals surface area contributed by atoms with Crippen molar-refractivity contribution in [3.8, 4) is 0 Å². The largest absolute Gasteiger partial charge is 0.468 e. The molecule has 0 aliphatic carbocycles. The highest BCUT2D eigenvalue weighted by Crippen LogP contribution is 2.16. The van der Waals surface area contributed by atoms with Gasteiger partial charge in [0.25, 0.3) is 0 Å². The molecule has 0 saturated carbocycles. The lowest BCUT2D eigenvalue weighted by Gasteiger charge is -2.26. The molecule has 0 spiro atoms. The maximum Gasteiger partial charge on any atom is 0.123 e. The number of hydrogen-bond donors (Lipinski definition) is 1. The number of nitrogens with one attached hydrogen (secondary N) is 1. The van der Waals surface area contributed by atoms with Gasteiger partial charge in [0, 0.05) is 11.1 Å². The Kier molecular flexibility index (Phi) is 3.86. The van der Waals surface area contributed by atoms with Crippen LogP contribution in [0.4, 0.5) is 0 Å². The molecule has 0 unspecified atom stereocenters. The standard InChI is InChI=1S/C13H21NO3/c1-13(2,3)14-6-12-10(4-5-16-12)7-17-11-8-15-9-11/h4-5,11,14H,6-9H2,1-3H3. The molecule has 1 aromatic heterocycles. The lowest BCUT2D eigenvalue weighted by molar-refractivity contribution is -0.135. The summed E-state index contributed by atoms with van der Waals surface area (Å²) in [5, 5.41) is 3.41. The Morgan fingerprint density at radius 2 is 2.18 bits per heavy atom. The van der Waals surface area contributed by atoms with E-state index in [9.17, 15) is 0 Å². The third-order valence-electron chi connectivity index (χ3n) is 2.70. The van der Waals surface area contributed by atoms with Gasteiger partial charge in [-0.2, -0.15) is 0 Å². The van der Waals surface area contributed by atoms with Gasteiger partial charge in [-0.1, -0.05) is 0 Å². The molecule has 1 fully saturated rings. The molecule has 1 aliphatic rings. The molecule has 0 atom stereocenters. The molecule has 4 nitrogen and oxygen atoms in total. The lowest BCUT2D eigenvalue weighted by Crippen LogP contribution is -2.36. The van der Waals surface area contributed by atoms with Crippen LogP contribution in [0.5, 0.6) is 0 Å². The summed E-state index contributed by atoms with van der Waals surface area (Å²) in [5.74, 6) is 0.958. The summed E-state index contributed by atoms with van der Waals surface area (Å²) in [6, 6.07) is 1.97. The van der Waals surface area contributed by atoms with E-state index in [-0.39, 0.29) is 11.6 Å². The van der Waals surface area contributed by atoms with Gasteiger partial charge in [-0.05, 0) is 26.8 Å². The smallest absolute Gasteiger partial charge is 0.123 e. The first-order chi connectivity index (χ1) is 8.04. The van der Waals surface area contributed by atoms with Crippen molar-refractivity contribution in [2.45, 2.75) is 45.6 Å². The first kappa shape index (κ1) is 12.6. The summed E-state index contributed by atoms with van der Waals surface area (Å²) in [6.45, 7) is 9.18. The van der Waals surface area contributed by atoms with E-state index >= 15 is 0 Å². The maximum atomic E-state index is 5.68. The molecule has 0 amide bonds. The third-order valence-corrected chi connectivity index (χ3v) is 2.70. The van der Waals surface area contributed by atoms with E-state index in [0.717, 1.165) is 17.9 Å². The van der Waals surface area contributed by atoms with Crippen molar-refractivity contribution in [2.24, 2.45) is 0 Å². The van der Waals surface area contributed by atoms with Crippen LogP contribution in [0.15, 0.2) is 16.7 Å². The predicted octanol–water partition coefficient (Wildman–Crippen LogP) is 2.08. The van der Waals surface area contributed by atoms with Crippen LogP contribution >= 0.6 is 0 Å². The highest BCUT2D eigenvalue weighted by atomic mass is 16.6. The van der Waals surface area contributed by atoms with Gasteiger partial charge < -0.3 is 19.2 Å². The zero-order valence-corrected chi connectivity index (χ0v) is 10.8. The molecular formula is C13H21NO3. The fourth-order valence-corrected chi connectivity index (χ4v) is 1.51. The van der Waals surface area contributed by atoms with Crippen LogP contribution in [0.2, 0.25) is 0 Å². The molecule has 2 rings (SSSR count). The topological polar surface area (TPSA) is 43.6 Å². The van der Waals surface area contributed by atoms with Crippen molar-refractivity contribution in [1.82, 2.24) is 5.32 Å². The van der Waals surface area contributed by atoms with Crippen LogP contribution in [-0.2, 0) is 22.6 Å². The van der Waals surface area contributed by atoms with Crippen LogP contribution in [0.25, 0.3) is 0 Å². The van der Waals surface area contributed by atoms with E-state index < -0.39 is 0 Å². The highest BCUT2D eigenvalue weighted by Gasteiger charge is 2.20. The molecule has 1 N–H and O–H groups in total. The molecule has 0 bridgehead atoms. The van der Waals surface area contributed by atoms with Crippen molar-refractivity contribution in [3.05, 3.63) is 23.7 Å². The van der Waals surface area contributed by atoms with E-state index in [2.05, 4.69) is 26.1 Å². The van der Waals surface area contributed by atoms with Gasteiger partial charge in [0.2, 0.25) is 0 Å². The molecule has 2 heterocycles. The zero-order valence-electron chi connectivity index (χ0n) is 10.8. The minimum Gasteiger partial charge on any atom is -0.468 e. The van der Waals surface area contributed by atoms with Crippen molar-refractivity contribution in [2.75, 3.05) is 13.2 Å². The van der Waals surface area contributed by atoms with E-state index in [4.69, 9.17) is 13.9 Å². The quantitative estimate of drug-likeness (QED) is 0.854. The van der Waals surface area contributed by atoms with Crippen LogP contribution in [0.1, 0.15) is 32.1 Å². The fraction of sp³-hybridized carbons (Fsp3) is 0.692. The minimum absolute atomic E-state index is 0.0900. The van der Waals surface area contributed by atoms with Crippen molar-refractivity contribution < 1.29 is 13.9 Å². The monoisotopic (exact) mass is 239 g/mol. The lowest BCUT2D eigenvalue weighted by atomic mass is 10.1. The third kappa shape index (κ3) is 3.84. The number of rotatable bonds is 5. The van der Waals surface area contributed by atoms with E-state index in [0.29, 0.717) is 19.8 Å². The second kappa shape index (κ2) is 5.21. The zero-order chi connectivity index (χ0) is 12.3. The second-order valence-electron chi connectivity index (χ2n) is 5.44. The molecule has 1 aromatic rings. The minimum atomic E-state index is 0.0900. The molecular weight excluding hydrogens is 218 g/mol. The van der Waals surface area contributed by atoms with Crippen molar-refractivity contribution >= 4 is 0 Å². The van der Waals surface area contributed by atoms with Crippen LogP contribution in [-0.4, -0.2) is 24.9 Å². The summed E-state index contributed by atoms with van der Waals surface area (Å²) < 4.78 is 16.2. The average molecular weight is 239 g/mol. The summed E-state index contributed by atoms with van der Waals surface area (Å²) in [6.07, 6.45) is 1.98. The van der Waals surface area contributed by atoms with E-state index in [1.165, 1.54) is 0 Å². The number of hydrogen-bond acceptors (Lipinski definition) is 4. The van der Waals surface area contributed by atoms with Gasteiger partial charge in [-0.15, -0.1) is 0 Å². The summed E-state index contributed by atoms with van der Waals surface area (Å²) in [4.78, 5) is 0. The van der Waals surface area contributed by atoms with Gasteiger partial charge in [-0.3, -0.25) is 0 Å².